The van der Waals surface area contributed by atoms with E-state index < -0.39 is 35.8 Å². The lowest BCUT2D eigenvalue weighted by Crippen LogP contribution is -2.48. The summed E-state index contributed by atoms with van der Waals surface area (Å²) < 4.78 is 27.9. The third-order valence-electron chi connectivity index (χ3n) is 7.58. The van der Waals surface area contributed by atoms with Crippen molar-refractivity contribution in [3.05, 3.63) is 106 Å². The minimum atomic E-state index is -1.08. The number of carbonyl (C=O) groups excluding carboxylic acids is 2. The van der Waals surface area contributed by atoms with Crippen molar-refractivity contribution in [1.29, 1.82) is 0 Å². The number of nitrogens with zero attached hydrogens (tertiary/aromatic N) is 1. The molecule has 7 nitrogen and oxygen atoms in total. The Morgan fingerprint density at radius 3 is 2.31 bits per heavy atom. The van der Waals surface area contributed by atoms with Crippen LogP contribution in [0, 0.1) is 18.6 Å². The molecule has 0 aromatic heterocycles. The number of benzene rings is 3. The third-order valence-corrected chi connectivity index (χ3v) is 7.58. The molecule has 0 radical (unpaired) electrons. The zero-order valence-corrected chi connectivity index (χ0v) is 24.1. The van der Waals surface area contributed by atoms with Crippen LogP contribution < -0.4 is 10.6 Å². The summed E-state index contributed by atoms with van der Waals surface area (Å²) in [6, 6.07) is 15.2. The van der Waals surface area contributed by atoms with Crippen molar-refractivity contribution >= 4 is 11.8 Å². The van der Waals surface area contributed by atoms with E-state index in [2.05, 4.69) is 23.6 Å². The standard InChI is InChI=1S/C33H39F2N3O4/c1-3-22-5-4-6-23(13-22)19-36-20-31(40)30(16-24-14-27(34)18-28(35)15-24)37-32(41)25-11-21(2)12-26(17-25)33(42)38-9-7-29(39)8-10-38/h4-6,11-15,17-18,29-31,36,39-40H,3,7-10,16,19-20H2,1-2H3,(H,37,41)/t30-,31+/m0/s1. The smallest absolute Gasteiger partial charge is 0.253 e. The van der Waals surface area contributed by atoms with Crippen LogP contribution in [0.15, 0.2) is 60.7 Å². The van der Waals surface area contributed by atoms with Gasteiger partial charge in [-0.25, -0.2) is 8.78 Å². The lowest BCUT2D eigenvalue weighted by atomic mass is 9.99. The monoisotopic (exact) mass is 579 g/mol. The molecule has 2 atom stereocenters. The highest BCUT2D eigenvalue weighted by molar-refractivity contribution is 6.00. The maximum absolute atomic E-state index is 13.9. The van der Waals surface area contributed by atoms with Gasteiger partial charge >= 0.3 is 0 Å². The predicted molar refractivity (Wildman–Crippen MR) is 157 cm³/mol. The fourth-order valence-electron chi connectivity index (χ4n) is 5.27. The van der Waals surface area contributed by atoms with Crippen molar-refractivity contribution in [2.24, 2.45) is 0 Å². The van der Waals surface area contributed by atoms with Gasteiger partial charge in [0.15, 0.2) is 0 Å². The largest absolute Gasteiger partial charge is 0.393 e. The molecule has 224 valence electrons. The van der Waals surface area contributed by atoms with Crippen LogP contribution in [0.3, 0.4) is 0 Å². The molecule has 3 aromatic rings. The Morgan fingerprint density at radius 1 is 0.952 bits per heavy atom. The van der Waals surface area contributed by atoms with Crippen LogP contribution in [-0.2, 0) is 19.4 Å². The molecule has 1 aliphatic rings. The first-order valence-electron chi connectivity index (χ1n) is 14.4. The number of aryl methyl sites for hydroxylation is 2. The van der Waals surface area contributed by atoms with E-state index >= 15 is 0 Å². The highest BCUT2D eigenvalue weighted by Gasteiger charge is 2.26. The SMILES string of the molecule is CCc1cccc(CNC[C@@H](O)[C@H](Cc2cc(F)cc(F)c2)NC(=O)c2cc(C)cc(C(=O)N3CCC(O)CC3)c2)c1. The lowest BCUT2D eigenvalue weighted by Gasteiger charge is -2.30. The molecule has 0 bridgehead atoms. The van der Waals surface area contributed by atoms with Gasteiger partial charge in [-0.15, -0.1) is 0 Å². The van der Waals surface area contributed by atoms with Crippen molar-refractivity contribution in [2.45, 2.75) is 64.3 Å². The second-order valence-corrected chi connectivity index (χ2v) is 11.0. The molecule has 0 saturated carbocycles. The summed E-state index contributed by atoms with van der Waals surface area (Å²) in [5.41, 5.74) is 3.85. The number of aliphatic hydroxyl groups excluding tert-OH is 2. The first-order chi connectivity index (χ1) is 20.1. The summed E-state index contributed by atoms with van der Waals surface area (Å²) >= 11 is 0. The molecule has 0 unspecified atom stereocenters. The number of hydrogen-bond donors (Lipinski definition) is 4. The molecule has 0 spiro atoms. The number of halogens is 2. The van der Waals surface area contributed by atoms with Crippen molar-refractivity contribution < 1.29 is 28.6 Å². The summed E-state index contributed by atoms with van der Waals surface area (Å²) in [6.45, 7) is 5.35. The quantitative estimate of drug-likeness (QED) is 0.276. The number of nitrogens with one attached hydrogen (secondary N) is 2. The summed E-state index contributed by atoms with van der Waals surface area (Å²) in [6.07, 6.45) is 0.399. The van der Waals surface area contributed by atoms with Crippen LogP contribution in [0.5, 0.6) is 0 Å². The molecule has 42 heavy (non-hydrogen) atoms. The third kappa shape index (κ3) is 8.67. The fourth-order valence-corrected chi connectivity index (χ4v) is 5.27. The summed E-state index contributed by atoms with van der Waals surface area (Å²) in [5.74, 6) is -2.22. The first-order valence-corrected chi connectivity index (χ1v) is 14.4. The second-order valence-electron chi connectivity index (χ2n) is 11.0. The Kier molecular flexibility index (Phi) is 10.8. The van der Waals surface area contributed by atoms with Gasteiger partial charge in [-0.1, -0.05) is 31.2 Å². The Balaban J connectivity index is 1.49. The van der Waals surface area contributed by atoms with Crippen LogP contribution in [0.25, 0.3) is 0 Å². The van der Waals surface area contributed by atoms with Gasteiger partial charge in [-0.3, -0.25) is 9.59 Å². The van der Waals surface area contributed by atoms with E-state index in [1.807, 2.05) is 18.2 Å². The molecule has 9 heteroatoms. The van der Waals surface area contributed by atoms with E-state index in [9.17, 15) is 28.6 Å². The molecule has 3 aromatic carbocycles. The normalized spacial score (nSPS) is 15.3. The Morgan fingerprint density at radius 2 is 1.62 bits per heavy atom. The summed E-state index contributed by atoms with van der Waals surface area (Å²) in [4.78, 5) is 28.2. The highest BCUT2D eigenvalue weighted by Crippen LogP contribution is 2.18. The molecule has 4 rings (SSSR count). The maximum atomic E-state index is 13.9. The number of likely N-dealkylation sites (tertiary alicyclic amines) is 1. The summed E-state index contributed by atoms with van der Waals surface area (Å²) in [7, 11) is 0. The minimum absolute atomic E-state index is 0.0116. The van der Waals surface area contributed by atoms with Gasteiger partial charge in [0, 0.05) is 43.4 Å². The van der Waals surface area contributed by atoms with Crippen molar-refractivity contribution in [2.75, 3.05) is 19.6 Å². The van der Waals surface area contributed by atoms with E-state index in [-0.39, 0.29) is 24.4 Å². The molecule has 1 aliphatic heterocycles. The van der Waals surface area contributed by atoms with Gasteiger partial charge in [-0.05, 0) is 85.2 Å². The van der Waals surface area contributed by atoms with E-state index in [4.69, 9.17) is 0 Å². The number of carbonyl (C=O) groups is 2. The zero-order chi connectivity index (χ0) is 30.2. The second kappa shape index (κ2) is 14.5. The molecule has 2 amide bonds. The van der Waals surface area contributed by atoms with Crippen LogP contribution >= 0.6 is 0 Å². The molecule has 1 heterocycles. The maximum Gasteiger partial charge on any atom is 0.253 e. The average molecular weight is 580 g/mol. The zero-order valence-electron chi connectivity index (χ0n) is 24.1. The number of piperidine rings is 1. The number of rotatable bonds is 11. The van der Waals surface area contributed by atoms with Gasteiger partial charge < -0.3 is 25.7 Å². The Bertz CT molecular complexity index is 1370. The highest BCUT2D eigenvalue weighted by atomic mass is 19.1. The Hall–Kier alpha value is -3.66. The Labute approximate surface area is 245 Å². The number of amides is 2. The molecule has 1 fully saturated rings. The van der Waals surface area contributed by atoms with Crippen LogP contribution in [0.4, 0.5) is 8.78 Å². The van der Waals surface area contributed by atoms with Gasteiger partial charge in [0.25, 0.3) is 11.8 Å². The van der Waals surface area contributed by atoms with Crippen molar-refractivity contribution in [3.8, 4) is 0 Å². The predicted octanol–water partition coefficient (Wildman–Crippen LogP) is 3.92. The van der Waals surface area contributed by atoms with Crippen LogP contribution in [0.2, 0.25) is 0 Å². The topological polar surface area (TPSA) is 102 Å². The van der Waals surface area contributed by atoms with Crippen LogP contribution in [-0.4, -0.2) is 64.8 Å². The lowest BCUT2D eigenvalue weighted by molar-refractivity contribution is 0.0546. The van der Waals surface area contributed by atoms with E-state index in [0.717, 1.165) is 18.1 Å². The van der Waals surface area contributed by atoms with Gasteiger partial charge in [0.2, 0.25) is 0 Å². The van der Waals surface area contributed by atoms with Gasteiger partial charge in [0.1, 0.15) is 11.6 Å². The van der Waals surface area contributed by atoms with E-state index in [1.54, 1.807) is 24.0 Å². The minimum Gasteiger partial charge on any atom is -0.393 e. The first kappa shape index (κ1) is 31.3. The van der Waals surface area contributed by atoms with E-state index in [1.165, 1.54) is 23.8 Å². The van der Waals surface area contributed by atoms with Crippen molar-refractivity contribution in [1.82, 2.24) is 15.5 Å². The summed E-state index contributed by atoms with van der Waals surface area (Å²) in [5, 5.41) is 27.0. The molecule has 4 N–H and O–H groups in total. The number of aliphatic hydroxyl groups is 2. The van der Waals surface area contributed by atoms with E-state index in [0.29, 0.717) is 49.2 Å². The molecular formula is C33H39F2N3O4. The average Bonchev–Trinajstić information content (AvgIpc) is 2.96. The molecular weight excluding hydrogens is 540 g/mol. The van der Waals surface area contributed by atoms with Crippen LogP contribution in [0.1, 0.15) is 62.7 Å². The fraction of sp³-hybridized carbons (Fsp3) is 0.394. The number of hydrogen-bond acceptors (Lipinski definition) is 5. The van der Waals surface area contributed by atoms with Crippen molar-refractivity contribution in [3.63, 3.8) is 0 Å². The molecule has 1 saturated heterocycles. The molecule has 0 aliphatic carbocycles. The van der Waals surface area contributed by atoms with Gasteiger partial charge in [0.05, 0.1) is 18.2 Å². The van der Waals surface area contributed by atoms with Gasteiger partial charge in [-0.2, -0.15) is 0 Å².